The Labute approximate surface area is 342 Å². The number of unbranched alkanes of at least 4 members (excludes halogenated alkanes) is 25. The predicted molar refractivity (Wildman–Crippen MR) is 233 cm³/mol. The second-order valence-electron chi connectivity index (χ2n) is 18.2. The molecule has 0 N–H and O–H groups in total. The van der Waals surface area contributed by atoms with Crippen LogP contribution in [0.1, 0.15) is 260 Å². The molecule has 0 aromatic rings. The third-order valence-electron chi connectivity index (χ3n) is 10.9. The number of hydrogen-bond acceptors (Lipinski definition) is 6. The maximum atomic E-state index is 12.7. The molecule has 0 saturated carbocycles. The number of carbonyl (C=O) groups excluding carboxylic acids is 3. The second kappa shape index (κ2) is 40.6. The SMILES string of the molecule is CC(C)CCCCCCCCCCCCCCCC(=O)OC[C@@H](COC(=O)CCCCCCCCCCCC(C)C)OC(=O)CCCCCCCCC(C)C. The molecular weight excluding hydrogens is 685 g/mol. The lowest BCUT2D eigenvalue weighted by atomic mass is 10.0. The van der Waals surface area contributed by atoms with Gasteiger partial charge < -0.3 is 14.2 Å². The Hall–Kier alpha value is -1.59. The fourth-order valence-corrected chi connectivity index (χ4v) is 7.23. The molecule has 0 amide bonds. The summed E-state index contributed by atoms with van der Waals surface area (Å²) >= 11 is 0. The lowest BCUT2D eigenvalue weighted by molar-refractivity contribution is -0.167. The fourth-order valence-electron chi connectivity index (χ4n) is 7.23. The molecule has 0 aliphatic heterocycles. The van der Waals surface area contributed by atoms with Crippen molar-refractivity contribution >= 4 is 17.9 Å². The van der Waals surface area contributed by atoms with Crippen molar-refractivity contribution in [2.24, 2.45) is 17.8 Å². The molecule has 0 bridgehead atoms. The third kappa shape index (κ3) is 43.4. The average Bonchev–Trinajstić information content (AvgIpc) is 3.13. The van der Waals surface area contributed by atoms with E-state index in [2.05, 4.69) is 41.5 Å². The zero-order valence-corrected chi connectivity index (χ0v) is 37.7. The lowest BCUT2D eigenvalue weighted by Crippen LogP contribution is -2.30. The minimum Gasteiger partial charge on any atom is -0.462 e. The molecule has 0 aromatic heterocycles. The van der Waals surface area contributed by atoms with E-state index in [0.29, 0.717) is 19.3 Å². The summed E-state index contributed by atoms with van der Waals surface area (Å²) in [6.45, 7) is 13.6. The summed E-state index contributed by atoms with van der Waals surface area (Å²) in [6.07, 6.45) is 38.2. The van der Waals surface area contributed by atoms with Gasteiger partial charge in [0.1, 0.15) is 13.2 Å². The highest BCUT2D eigenvalue weighted by atomic mass is 16.6. The van der Waals surface area contributed by atoms with Gasteiger partial charge in [-0.25, -0.2) is 0 Å². The zero-order chi connectivity index (χ0) is 40.6. The molecule has 0 rings (SSSR count). The average molecular weight is 779 g/mol. The van der Waals surface area contributed by atoms with Crippen LogP contribution in [0.25, 0.3) is 0 Å². The maximum absolute atomic E-state index is 12.7. The van der Waals surface area contributed by atoms with Crippen LogP contribution in [0.5, 0.6) is 0 Å². The zero-order valence-electron chi connectivity index (χ0n) is 37.7. The van der Waals surface area contributed by atoms with Crippen molar-refractivity contribution in [2.75, 3.05) is 13.2 Å². The van der Waals surface area contributed by atoms with Crippen LogP contribution in [-0.2, 0) is 28.6 Å². The lowest BCUT2D eigenvalue weighted by Gasteiger charge is -2.18. The van der Waals surface area contributed by atoms with Crippen LogP contribution in [0.2, 0.25) is 0 Å². The van der Waals surface area contributed by atoms with Gasteiger partial charge >= 0.3 is 17.9 Å². The van der Waals surface area contributed by atoms with Crippen molar-refractivity contribution in [2.45, 2.75) is 266 Å². The van der Waals surface area contributed by atoms with Crippen LogP contribution in [0.15, 0.2) is 0 Å². The predicted octanol–water partition coefficient (Wildman–Crippen LogP) is 15.2. The van der Waals surface area contributed by atoms with Gasteiger partial charge in [-0.3, -0.25) is 14.4 Å². The first-order valence-corrected chi connectivity index (χ1v) is 24.1. The Morgan fingerprint density at radius 3 is 0.782 bits per heavy atom. The van der Waals surface area contributed by atoms with E-state index in [1.807, 2.05) is 0 Å². The van der Waals surface area contributed by atoms with Gasteiger partial charge in [-0.15, -0.1) is 0 Å². The van der Waals surface area contributed by atoms with E-state index in [-0.39, 0.29) is 31.1 Å². The molecule has 0 aromatic carbocycles. The summed E-state index contributed by atoms with van der Waals surface area (Å²) in [7, 11) is 0. The third-order valence-corrected chi connectivity index (χ3v) is 10.9. The number of hydrogen-bond donors (Lipinski definition) is 0. The maximum Gasteiger partial charge on any atom is 0.306 e. The first-order chi connectivity index (χ1) is 26.6. The first kappa shape index (κ1) is 53.4. The van der Waals surface area contributed by atoms with E-state index in [9.17, 15) is 14.4 Å². The molecular formula is C49H94O6. The molecule has 1 atom stereocenters. The Morgan fingerprint density at radius 1 is 0.309 bits per heavy atom. The van der Waals surface area contributed by atoms with E-state index in [0.717, 1.165) is 75.5 Å². The van der Waals surface area contributed by atoms with Crippen molar-refractivity contribution in [1.29, 1.82) is 0 Å². The van der Waals surface area contributed by atoms with Crippen molar-refractivity contribution in [1.82, 2.24) is 0 Å². The Bertz CT molecular complexity index is 852. The minimum atomic E-state index is -0.762. The number of carbonyl (C=O) groups is 3. The van der Waals surface area contributed by atoms with Crippen LogP contribution in [0, 0.1) is 17.8 Å². The van der Waals surface area contributed by atoms with Gasteiger partial charge in [0.2, 0.25) is 0 Å². The van der Waals surface area contributed by atoms with E-state index in [1.54, 1.807) is 0 Å². The molecule has 0 unspecified atom stereocenters. The van der Waals surface area contributed by atoms with Crippen molar-refractivity contribution < 1.29 is 28.6 Å². The van der Waals surface area contributed by atoms with Gasteiger partial charge in [0.25, 0.3) is 0 Å². The van der Waals surface area contributed by atoms with Crippen LogP contribution in [-0.4, -0.2) is 37.2 Å². The minimum absolute atomic E-state index is 0.0663. The van der Waals surface area contributed by atoms with Gasteiger partial charge in [0, 0.05) is 19.3 Å². The van der Waals surface area contributed by atoms with Gasteiger partial charge in [0.05, 0.1) is 0 Å². The smallest absolute Gasteiger partial charge is 0.306 e. The largest absolute Gasteiger partial charge is 0.462 e. The normalized spacial score (nSPS) is 12.2. The molecule has 0 fully saturated rings. The number of ether oxygens (including phenoxy) is 3. The first-order valence-electron chi connectivity index (χ1n) is 24.1. The van der Waals surface area contributed by atoms with Crippen LogP contribution >= 0.6 is 0 Å². The molecule has 0 heterocycles. The molecule has 326 valence electrons. The highest BCUT2D eigenvalue weighted by molar-refractivity contribution is 5.71. The topological polar surface area (TPSA) is 78.9 Å². The van der Waals surface area contributed by atoms with E-state index < -0.39 is 6.10 Å². The highest BCUT2D eigenvalue weighted by Gasteiger charge is 2.19. The van der Waals surface area contributed by atoms with Gasteiger partial charge in [-0.1, -0.05) is 221 Å². The van der Waals surface area contributed by atoms with E-state index in [4.69, 9.17) is 14.2 Å². The molecule has 0 aliphatic rings. The Morgan fingerprint density at radius 2 is 0.527 bits per heavy atom. The second-order valence-corrected chi connectivity index (χ2v) is 18.2. The summed E-state index contributed by atoms with van der Waals surface area (Å²) in [4.78, 5) is 37.7. The molecule has 6 heteroatoms. The quantitative estimate of drug-likeness (QED) is 0.0349. The molecule has 0 saturated heterocycles. The fraction of sp³-hybridized carbons (Fsp3) is 0.939. The van der Waals surface area contributed by atoms with E-state index in [1.165, 1.54) is 141 Å². The summed E-state index contributed by atoms with van der Waals surface area (Å²) in [5.74, 6) is 1.54. The van der Waals surface area contributed by atoms with Crippen LogP contribution in [0.4, 0.5) is 0 Å². The molecule has 0 spiro atoms. The highest BCUT2D eigenvalue weighted by Crippen LogP contribution is 2.17. The van der Waals surface area contributed by atoms with Crippen LogP contribution in [0.3, 0.4) is 0 Å². The summed E-state index contributed by atoms with van der Waals surface area (Å²) < 4.78 is 16.7. The monoisotopic (exact) mass is 779 g/mol. The van der Waals surface area contributed by atoms with E-state index >= 15 is 0 Å². The standard InChI is InChI=1S/C49H94O6/c1-43(2)35-29-23-17-13-10-8-7-9-11-15-19-26-32-38-47(50)53-41-46(55-49(52)40-34-28-22-21-25-31-37-45(5)6)42-54-48(51)39-33-27-20-16-12-14-18-24-30-36-44(3)4/h43-46H,7-42H2,1-6H3/t46-/m0/s1. The summed E-state index contributed by atoms with van der Waals surface area (Å²) in [6, 6.07) is 0. The molecule has 55 heavy (non-hydrogen) atoms. The van der Waals surface area contributed by atoms with Crippen molar-refractivity contribution in [3.8, 4) is 0 Å². The Balaban J connectivity index is 4.27. The van der Waals surface area contributed by atoms with Crippen molar-refractivity contribution in [3.63, 3.8) is 0 Å². The van der Waals surface area contributed by atoms with Gasteiger partial charge in [-0.05, 0) is 37.0 Å². The molecule has 0 radical (unpaired) electrons. The molecule has 0 aliphatic carbocycles. The van der Waals surface area contributed by atoms with Gasteiger partial charge in [-0.2, -0.15) is 0 Å². The summed E-state index contributed by atoms with van der Waals surface area (Å²) in [5, 5.41) is 0. The van der Waals surface area contributed by atoms with Crippen LogP contribution < -0.4 is 0 Å². The molecule has 6 nitrogen and oxygen atoms in total. The summed E-state index contributed by atoms with van der Waals surface area (Å²) in [5.41, 5.74) is 0. The number of rotatable bonds is 42. The number of esters is 3. The van der Waals surface area contributed by atoms with Crippen molar-refractivity contribution in [3.05, 3.63) is 0 Å². The van der Waals surface area contributed by atoms with Gasteiger partial charge in [0.15, 0.2) is 6.10 Å². The Kier molecular flexibility index (Phi) is 39.4.